The lowest BCUT2D eigenvalue weighted by Crippen LogP contribution is -2.65. The lowest BCUT2D eigenvalue weighted by atomic mass is 9.48. The second kappa shape index (κ2) is 5.70. The molecule has 2 saturated heterocycles. The standard InChI is InChI=1S/C22H29N3O3/c26-15-4-3-14-9-18-16-5-6-22(19(27)23-20(28)24-22)12-21(16,17(14)10-15)7-8-25(18)11-13-1-2-13/h3-4,13,15-16,18,26H,1-2,5-12H2,(H2,23,24,27,28)/t15?,16-,18+,21-,22-/m0/s1. The Bertz CT molecular complexity index is 816. The summed E-state index contributed by atoms with van der Waals surface area (Å²) in [6.45, 7) is 2.29. The molecule has 2 saturated carbocycles. The van der Waals surface area contributed by atoms with E-state index in [0.29, 0.717) is 24.8 Å². The van der Waals surface area contributed by atoms with Crippen LogP contribution in [0.15, 0.2) is 23.3 Å². The molecule has 2 heterocycles. The van der Waals surface area contributed by atoms with Crippen molar-refractivity contribution in [2.24, 2.45) is 17.3 Å². The Morgan fingerprint density at radius 1 is 1.18 bits per heavy atom. The molecule has 0 radical (unpaired) electrons. The topological polar surface area (TPSA) is 81.7 Å². The van der Waals surface area contributed by atoms with Crippen molar-refractivity contribution in [1.82, 2.24) is 15.5 Å². The maximum absolute atomic E-state index is 12.8. The van der Waals surface area contributed by atoms with Crippen LogP contribution in [0.1, 0.15) is 51.4 Å². The molecule has 5 atom stereocenters. The van der Waals surface area contributed by atoms with Crippen LogP contribution in [0.4, 0.5) is 4.79 Å². The Balaban J connectivity index is 1.42. The normalized spacial score (nSPS) is 45.0. The molecule has 28 heavy (non-hydrogen) atoms. The minimum Gasteiger partial charge on any atom is -0.389 e. The molecule has 0 aromatic carbocycles. The Hall–Kier alpha value is -1.66. The van der Waals surface area contributed by atoms with Gasteiger partial charge in [0.1, 0.15) is 5.54 Å². The number of aliphatic hydroxyl groups is 1. The number of rotatable bonds is 2. The number of likely N-dealkylation sites (tertiary alicyclic amines) is 1. The van der Waals surface area contributed by atoms with E-state index in [1.54, 1.807) is 0 Å². The molecule has 1 spiro atoms. The van der Waals surface area contributed by atoms with E-state index in [0.717, 1.165) is 38.1 Å². The summed E-state index contributed by atoms with van der Waals surface area (Å²) in [5.74, 6) is 1.25. The summed E-state index contributed by atoms with van der Waals surface area (Å²) in [6, 6.07) is 0.182. The molecule has 150 valence electrons. The number of carbonyl (C=O) groups is 2. The van der Waals surface area contributed by atoms with Gasteiger partial charge >= 0.3 is 6.03 Å². The molecule has 6 rings (SSSR count). The van der Waals surface area contributed by atoms with E-state index in [4.69, 9.17) is 0 Å². The minimum atomic E-state index is -0.766. The van der Waals surface area contributed by atoms with Crippen LogP contribution in [0, 0.1) is 17.3 Å². The van der Waals surface area contributed by atoms with E-state index in [1.165, 1.54) is 30.5 Å². The monoisotopic (exact) mass is 383 g/mol. The second-order valence-electron chi connectivity index (χ2n) is 10.1. The summed E-state index contributed by atoms with van der Waals surface area (Å²) in [5, 5.41) is 15.9. The zero-order valence-corrected chi connectivity index (χ0v) is 16.2. The number of nitrogens with one attached hydrogen (secondary N) is 2. The molecule has 0 aromatic heterocycles. The quantitative estimate of drug-likeness (QED) is 0.636. The van der Waals surface area contributed by atoms with Crippen molar-refractivity contribution >= 4 is 11.9 Å². The van der Waals surface area contributed by atoms with Crippen molar-refractivity contribution in [1.29, 1.82) is 0 Å². The van der Waals surface area contributed by atoms with Crippen LogP contribution in [0.25, 0.3) is 0 Å². The number of amides is 3. The first-order valence-corrected chi connectivity index (χ1v) is 11.0. The molecule has 3 amide bonds. The summed E-state index contributed by atoms with van der Waals surface area (Å²) >= 11 is 0. The van der Waals surface area contributed by atoms with Crippen LogP contribution >= 0.6 is 0 Å². The Kier molecular flexibility index (Phi) is 3.50. The van der Waals surface area contributed by atoms with Gasteiger partial charge in [0.15, 0.2) is 0 Å². The first kappa shape index (κ1) is 17.2. The first-order valence-electron chi connectivity index (χ1n) is 11.0. The van der Waals surface area contributed by atoms with Crippen molar-refractivity contribution < 1.29 is 14.7 Å². The fraction of sp³-hybridized carbons (Fsp3) is 0.727. The molecule has 1 unspecified atom stereocenters. The lowest BCUT2D eigenvalue weighted by molar-refractivity contribution is -0.131. The van der Waals surface area contributed by atoms with Crippen LogP contribution in [-0.2, 0) is 4.79 Å². The molecule has 6 aliphatic rings. The van der Waals surface area contributed by atoms with Crippen LogP contribution in [0.3, 0.4) is 0 Å². The number of hydrogen-bond donors (Lipinski definition) is 3. The van der Waals surface area contributed by atoms with Gasteiger partial charge < -0.3 is 10.4 Å². The molecular formula is C22H29N3O3. The molecule has 2 aliphatic heterocycles. The summed E-state index contributed by atoms with van der Waals surface area (Å²) in [4.78, 5) is 27.4. The predicted molar refractivity (Wildman–Crippen MR) is 103 cm³/mol. The maximum atomic E-state index is 12.8. The number of hydrogen-bond acceptors (Lipinski definition) is 4. The minimum absolute atomic E-state index is 0.0722. The molecule has 2 bridgehead atoms. The molecule has 6 heteroatoms. The van der Waals surface area contributed by atoms with Gasteiger partial charge in [0, 0.05) is 18.0 Å². The second-order valence-corrected chi connectivity index (χ2v) is 10.1. The van der Waals surface area contributed by atoms with Gasteiger partial charge in [-0.1, -0.05) is 17.7 Å². The SMILES string of the molecule is O=C1NC(=O)[C@@]2(CC[C@H]3[C@H]4CC5=C(CC(O)C=C5)[C@@]3(CCN4CC3CC3)C2)N1. The van der Waals surface area contributed by atoms with Crippen LogP contribution in [0.5, 0.6) is 0 Å². The Morgan fingerprint density at radius 3 is 2.79 bits per heavy atom. The number of imide groups is 1. The van der Waals surface area contributed by atoms with E-state index in [-0.39, 0.29) is 17.4 Å². The van der Waals surface area contributed by atoms with Crippen molar-refractivity contribution in [3.8, 4) is 0 Å². The summed E-state index contributed by atoms with van der Waals surface area (Å²) < 4.78 is 0. The van der Waals surface area contributed by atoms with Gasteiger partial charge in [-0.05, 0) is 75.3 Å². The van der Waals surface area contributed by atoms with Gasteiger partial charge in [-0.15, -0.1) is 0 Å². The summed E-state index contributed by atoms with van der Waals surface area (Å²) in [7, 11) is 0. The number of piperidine rings is 1. The van der Waals surface area contributed by atoms with Gasteiger partial charge in [0.25, 0.3) is 5.91 Å². The Morgan fingerprint density at radius 2 is 2.04 bits per heavy atom. The van der Waals surface area contributed by atoms with E-state index < -0.39 is 11.6 Å². The number of allylic oxidation sites excluding steroid dienone is 1. The fourth-order valence-electron chi connectivity index (χ4n) is 7.15. The highest BCUT2D eigenvalue weighted by molar-refractivity contribution is 6.07. The molecule has 3 N–H and O–H groups in total. The van der Waals surface area contributed by atoms with Gasteiger partial charge in [0.2, 0.25) is 0 Å². The lowest BCUT2D eigenvalue weighted by Gasteiger charge is -2.62. The van der Waals surface area contributed by atoms with Gasteiger partial charge in [-0.3, -0.25) is 15.0 Å². The van der Waals surface area contributed by atoms with Crippen molar-refractivity contribution in [2.75, 3.05) is 13.1 Å². The predicted octanol–water partition coefficient (Wildman–Crippen LogP) is 1.86. The third-order valence-corrected chi connectivity index (χ3v) is 8.54. The van der Waals surface area contributed by atoms with Crippen molar-refractivity contribution in [3.63, 3.8) is 0 Å². The zero-order chi connectivity index (χ0) is 19.1. The van der Waals surface area contributed by atoms with E-state index in [9.17, 15) is 14.7 Å². The number of nitrogens with zero attached hydrogens (tertiary/aromatic N) is 1. The fourth-order valence-corrected chi connectivity index (χ4v) is 7.15. The molecule has 4 aliphatic carbocycles. The number of carbonyl (C=O) groups excluding carboxylic acids is 2. The average molecular weight is 383 g/mol. The van der Waals surface area contributed by atoms with E-state index >= 15 is 0 Å². The number of urea groups is 1. The molecule has 4 fully saturated rings. The van der Waals surface area contributed by atoms with Gasteiger partial charge in [-0.25, -0.2) is 4.79 Å². The number of aliphatic hydroxyl groups excluding tert-OH is 1. The Labute approximate surface area is 165 Å². The highest BCUT2D eigenvalue weighted by Crippen LogP contribution is 2.62. The van der Waals surface area contributed by atoms with Crippen molar-refractivity contribution in [2.45, 2.75) is 69.1 Å². The van der Waals surface area contributed by atoms with Gasteiger partial charge in [0.05, 0.1) is 6.10 Å². The van der Waals surface area contributed by atoms with Gasteiger partial charge in [-0.2, -0.15) is 0 Å². The maximum Gasteiger partial charge on any atom is 0.322 e. The zero-order valence-electron chi connectivity index (χ0n) is 16.2. The highest BCUT2D eigenvalue weighted by Gasteiger charge is 2.63. The third kappa shape index (κ3) is 2.34. The summed E-state index contributed by atoms with van der Waals surface area (Å²) in [6.07, 6.45) is 11.6. The average Bonchev–Trinajstić information content (AvgIpc) is 3.43. The molecule has 0 aromatic rings. The third-order valence-electron chi connectivity index (χ3n) is 8.54. The first-order chi connectivity index (χ1) is 13.5. The van der Waals surface area contributed by atoms with E-state index in [2.05, 4.69) is 21.6 Å². The van der Waals surface area contributed by atoms with Crippen LogP contribution in [-0.4, -0.2) is 52.7 Å². The largest absolute Gasteiger partial charge is 0.389 e. The molecule has 6 nitrogen and oxygen atoms in total. The van der Waals surface area contributed by atoms with E-state index in [1.807, 2.05) is 6.08 Å². The van der Waals surface area contributed by atoms with Crippen molar-refractivity contribution in [3.05, 3.63) is 23.3 Å². The van der Waals surface area contributed by atoms with Crippen LogP contribution in [0.2, 0.25) is 0 Å². The summed E-state index contributed by atoms with van der Waals surface area (Å²) in [5.41, 5.74) is 1.92. The highest BCUT2D eigenvalue weighted by atomic mass is 16.3. The van der Waals surface area contributed by atoms with Crippen LogP contribution < -0.4 is 10.6 Å². The molecular weight excluding hydrogens is 354 g/mol. The smallest absolute Gasteiger partial charge is 0.322 e.